The molecule has 1 fully saturated rings. The van der Waals surface area contributed by atoms with E-state index in [1.165, 1.54) is 0 Å². The van der Waals surface area contributed by atoms with Gasteiger partial charge in [-0.3, -0.25) is 23.5 Å². The fourth-order valence-electron chi connectivity index (χ4n) is 3.04. The summed E-state index contributed by atoms with van der Waals surface area (Å²) < 4.78 is 29.0. The molecule has 19 nitrogen and oxygen atoms in total. The highest BCUT2D eigenvalue weighted by Gasteiger charge is 2.70. The molecule has 2 aromatic heterocycles. The van der Waals surface area contributed by atoms with Gasteiger partial charge in [0.2, 0.25) is 17.2 Å². The van der Waals surface area contributed by atoms with Crippen molar-refractivity contribution in [3.05, 3.63) is 20.8 Å². The number of hydrogen-bond donors (Lipinski definition) is 9. The minimum Gasteiger partial charge on any atom is -0.385 e. The van der Waals surface area contributed by atoms with Crippen molar-refractivity contribution in [3.63, 3.8) is 0 Å². The smallest absolute Gasteiger partial charge is 0.362 e. The third kappa shape index (κ3) is 3.53. The Balaban J connectivity index is 2.32. The number of aromatic nitrogens is 4. The van der Waals surface area contributed by atoms with Crippen LogP contribution in [0.25, 0.3) is 21.6 Å². The standard InChI is InChI=1S/C10H14N8O11P2/c11-8-14-4-1(5(20)15-8)13-9(16-17-12)18(4)6-2(19)10(22,31(26,27)28)3(29-6)7(21)30(23,24)25/h2-3,6-7,19,21-22H,(H2,23,24,25)(H2,26,27,28)(H3,11,14,15,20)/t2-,3+,6+,7?,10+/m0/s1. The predicted molar refractivity (Wildman–Crippen MR) is 96.3 cm³/mol. The molecule has 0 saturated carbocycles. The Morgan fingerprint density at radius 1 is 1.32 bits per heavy atom. The van der Waals surface area contributed by atoms with Crippen molar-refractivity contribution in [2.75, 3.05) is 5.73 Å². The van der Waals surface area contributed by atoms with Crippen LogP contribution in [0.2, 0.25) is 0 Å². The Morgan fingerprint density at radius 2 is 1.94 bits per heavy atom. The number of aromatic amines is 1. The fraction of sp³-hybridized carbons (Fsp3) is 0.500. The first-order chi connectivity index (χ1) is 14.1. The zero-order valence-electron chi connectivity index (χ0n) is 14.7. The Bertz CT molecular complexity index is 1240. The van der Waals surface area contributed by atoms with Crippen molar-refractivity contribution in [1.29, 1.82) is 0 Å². The molecule has 0 aromatic carbocycles. The first-order valence-corrected chi connectivity index (χ1v) is 11.1. The average Bonchev–Trinajstić information content (AvgIpc) is 3.10. The van der Waals surface area contributed by atoms with Crippen LogP contribution < -0.4 is 11.3 Å². The molecular weight excluding hydrogens is 470 g/mol. The molecule has 3 rings (SSSR count). The van der Waals surface area contributed by atoms with Gasteiger partial charge in [0.25, 0.3) is 5.56 Å². The van der Waals surface area contributed by atoms with E-state index >= 15 is 0 Å². The van der Waals surface area contributed by atoms with Crippen molar-refractivity contribution in [1.82, 2.24) is 19.5 Å². The highest BCUT2D eigenvalue weighted by molar-refractivity contribution is 7.54. The molecule has 1 aliphatic heterocycles. The van der Waals surface area contributed by atoms with Crippen LogP contribution in [0.1, 0.15) is 6.23 Å². The molecule has 2 aromatic rings. The molecule has 170 valence electrons. The summed E-state index contributed by atoms with van der Waals surface area (Å²) in [5, 5.41) is 30.4. The highest BCUT2D eigenvalue weighted by atomic mass is 31.2. The molecule has 1 saturated heterocycles. The van der Waals surface area contributed by atoms with Crippen molar-refractivity contribution >= 4 is 38.3 Å². The van der Waals surface area contributed by atoms with E-state index in [2.05, 4.69) is 25.0 Å². The summed E-state index contributed by atoms with van der Waals surface area (Å²) in [6.07, 6.45) is -7.69. The molecule has 0 radical (unpaired) electrons. The third-order valence-corrected chi connectivity index (χ3v) is 6.84. The van der Waals surface area contributed by atoms with Gasteiger partial charge in [0, 0.05) is 4.91 Å². The quantitative estimate of drug-likeness (QED) is 0.0900. The van der Waals surface area contributed by atoms with E-state index in [1.807, 2.05) is 0 Å². The maximum atomic E-state index is 12.1. The zero-order chi connectivity index (χ0) is 23.5. The first kappa shape index (κ1) is 23.3. The predicted octanol–water partition coefficient (Wildman–Crippen LogP) is -2.74. The van der Waals surface area contributed by atoms with E-state index in [-0.39, 0.29) is 0 Å². The van der Waals surface area contributed by atoms with Crippen molar-refractivity contribution in [3.8, 4) is 0 Å². The van der Waals surface area contributed by atoms with E-state index in [0.717, 1.165) is 0 Å². The lowest BCUT2D eigenvalue weighted by Gasteiger charge is -2.33. The van der Waals surface area contributed by atoms with E-state index in [9.17, 15) is 48.8 Å². The summed E-state index contributed by atoms with van der Waals surface area (Å²) in [6.45, 7) is 0. The molecule has 0 bridgehead atoms. The van der Waals surface area contributed by atoms with Crippen molar-refractivity contribution in [2.24, 2.45) is 5.11 Å². The van der Waals surface area contributed by atoms with Gasteiger partial charge in [0.05, 0.1) is 0 Å². The maximum absolute atomic E-state index is 12.1. The number of fused-ring (bicyclic) bond motifs is 1. The lowest BCUT2D eigenvalue weighted by atomic mass is 10.1. The third-order valence-electron chi connectivity index (χ3n) is 4.43. The van der Waals surface area contributed by atoms with Gasteiger partial charge in [-0.25, -0.2) is 4.98 Å². The van der Waals surface area contributed by atoms with Crippen LogP contribution in [-0.4, -0.2) is 77.8 Å². The van der Waals surface area contributed by atoms with Crippen LogP contribution in [0.15, 0.2) is 9.91 Å². The number of aliphatic hydroxyl groups is 3. The summed E-state index contributed by atoms with van der Waals surface area (Å²) in [5.74, 6) is -4.27. The number of nitrogens with one attached hydrogen (secondary N) is 1. The first-order valence-electron chi connectivity index (χ1n) is 7.82. The molecule has 1 aliphatic rings. The molecule has 0 amide bonds. The van der Waals surface area contributed by atoms with E-state index < -0.39 is 73.4 Å². The van der Waals surface area contributed by atoms with Gasteiger partial charge in [0.15, 0.2) is 23.2 Å². The molecule has 10 N–H and O–H groups in total. The second kappa shape index (κ2) is 7.33. The largest absolute Gasteiger partial charge is 0.385 e. The number of nitrogens with two attached hydrogens (primary N) is 1. The molecule has 3 heterocycles. The van der Waals surface area contributed by atoms with Crippen LogP contribution in [0.4, 0.5) is 11.9 Å². The van der Waals surface area contributed by atoms with Gasteiger partial charge in [-0.05, 0) is 10.6 Å². The fourth-order valence-corrected chi connectivity index (χ4v) is 4.82. The van der Waals surface area contributed by atoms with Gasteiger partial charge in [0.1, 0.15) is 12.2 Å². The summed E-state index contributed by atoms with van der Waals surface area (Å²) in [5.41, 5.74) is 12.1. The number of rotatable bonds is 5. The Hall–Kier alpha value is -2.40. The molecular formula is C10H14N8O11P2. The minimum absolute atomic E-state index is 0.504. The Kier molecular flexibility index (Phi) is 5.50. The molecule has 0 aliphatic carbocycles. The normalized spacial score (nSPS) is 27.9. The minimum atomic E-state index is -5.88. The number of imidazole rings is 1. The number of H-pyrrole nitrogens is 1. The number of aliphatic hydroxyl groups excluding tert-OH is 2. The van der Waals surface area contributed by atoms with Crippen LogP contribution in [0.3, 0.4) is 0 Å². The van der Waals surface area contributed by atoms with E-state index in [0.29, 0.717) is 4.57 Å². The number of azide groups is 1. The summed E-state index contributed by atoms with van der Waals surface area (Å²) in [4.78, 5) is 61.5. The van der Waals surface area contributed by atoms with E-state index in [1.54, 1.807) is 0 Å². The van der Waals surface area contributed by atoms with Crippen molar-refractivity contribution in [2.45, 2.75) is 29.6 Å². The monoisotopic (exact) mass is 484 g/mol. The second-order valence-corrected chi connectivity index (χ2v) is 9.83. The molecule has 21 heteroatoms. The van der Waals surface area contributed by atoms with Crippen LogP contribution in [-0.2, 0) is 13.9 Å². The highest BCUT2D eigenvalue weighted by Crippen LogP contribution is 2.63. The van der Waals surface area contributed by atoms with E-state index in [4.69, 9.17) is 16.0 Å². The molecule has 31 heavy (non-hydrogen) atoms. The molecule has 0 spiro atoms. The van der Waals surface area contributed by atoms with Crippen LogP contribution in [0, 0.1) is 0 Å². The summed E-state index contributed by atoms with van der Waals surface area (Å²) >= 11 is 0. The van der Waals surface area contributed by atoms with Gasteiger partial charge >= 0.3 is 15.2 Å². The molecule has 1 unspecified atom stereocenters. The number of nitrogens with zero attached hydrogens (tertiary/aromatic N) is 6. The average molecular weight is 484 g/mol. The van der Waals surface area contributed by atoms with Crippen molar-refractivity contribution < 1.29 is 48.8 Å². The van der Waals surface area contributed by atoms with Gasteiger partial charge in [-0.2, -0.15) is 4.98 Å². The maximum Gasteiger partial charge on any atom is 0.362 e. The number of hydrogen-bond acceptors (Lipinski definition) is 11. The summed E-state index contributed by atoms with van der Waals surface area (Å²) in [7, 11) is -11.4. The number of anilines is 1. The van der Waals surface area contributed by atoms with Crippen LogP contribution in [0.5, 0.6) is 0 Å². The molecule has 5 atom stereocenters. The Morgan fingerprint density at radius 3 is 2.45 bits per heavy atom. The van der Waals surface area contributed by atoms with Crippen LogP contribution >= 0.6 is 15.2 Å². The van der Waals surface area contributed by atoms with Gasteiger partial charge < -0.3 is 45.4 Å². The van der Waals surface area contributed by atoms with Gasteiger partial charge in [-0.15, -0.1) is 0 Å². The summed E-state index contributed by atoms with van der Waals surface area (Å²) in [6, 6.07) is 0. The number of nitrogen functional groups attached to an aromatic ring is 1. The zero-order valence-corrected chi connectivity index (χ0v) is 16.5. The van der Waals surface area contributed by atoms with Gasteiger partial charge in [-0.1, -0.05) is 0 Å². The second-order valence-electron chi connectivity index (χ2n) is 6.32. The lowest BCUT2D eigenvalue weighted by Crippen LogP contribution is -2.51. The SMILES string of the molecule is [N-]=[N+]=Nc1nc2c(=O)[nH]c(N)nc2n1[C@@H]1O[C@H](C(O)P(=O)(O)O)[C@](O)(P(=O)(O)O)[C@H]1O. The topological polar surface area (TPSA) is 323 Å². The lowest BCUT2D eigenvalue weighted by molar-refractivity contribution is -0.0773. The number of ether oxygens (including phenoxy) is 1. The Labute approximate surface area is 168 Å².